The van der Waals surface area contributed by atoms with Crippen molar-refractivity contribution in [1.82, 2.24) is 4.98 Å². The molecule has 0 aliphatic carbocycles. The number of rotatable bonds is 6. The maximum absolute atomic E-state index is 12.3. The van der Waals surface area contributed by atoms with Crippen LogP contribution in [0.1, 0.15) is 6.92 Å². The van der Waals surface area contributed by atoms with Gasteiger partial charge in [0.15, 0.2) is 17.0 Å². The summed E-state index contributed by atoms with van der Waals surface area (Å²) < 4.78 is 14.1. The first-order valence-corrected chi connectivity index (χ1v) is 7.23. The van der Waals surface area contributed by atoms with Crippen LogP contribution in [0.4, 0.5) is 0 Å². The van der Waals surface area contributed by atoms with Crippen LogP contribution in [0.25, 0.3) is 0 Å². The van der Waals surface area contributed by atoms with Crippen molar-refractivity contribution in [3.8, 4) is 5.88 Å². The summed E-state index contributed by atoms with van der Waals surface area (Å²) in [4.78, 5) is 39.2. The quantitative estimate of drug-likeness (QED) is 0.422. The fraction of sp³-hybridized carbons (Fsp3) is 0.385. The van der Waals surface area contributed by atoms with Crippen molar-refractivity contribution in [1.29, 1.82) is 0 Å². The van der Waals surface area contributed by atoms with Gasteiger partial charge in [0.25, 0.3) is 0 Å². The SMILES string of the molecule is COC(=O)C(C(=O)OC)C(=O)C(C)Oc1nc(Cl)c(Cl)cc1Cl. The summed E-state index contributed by atoms with van der Waals surface area (Å²) in [7, 11) is 2.07. The number of ether oxygens (including phenoxy) is 3. The standard InChI is InChI=1S/C13H12Cl3NO6/c1-5(9(18)8(12(19)21-2)13(20)22-3)23-11-7(15)4-6(14)10(16)17-11/h4-5,8H,1-3H3. The van der Waals surface area contributed by atoms with Crippen molar-refractivity contribution in [2.45, 2.75) is 13.0 Å². The fourth-order valence-corrected chi connectivity index (χ4v) is 2.07. The van der Waals surface area contributed by atoms with Gasteiger partial charge >= 0.3 is 11.9 Å². The molecule has 0 N–H and O–H groups in total. The second-order valence-corrected chi connectivity index (χ2v) is 5.36. The Labute approximate surface area is 146 Å². The molecule has 0 fully saturated rings. The molecule has 1 unspecified atom stereocenters. The predicted molar refractivity (Wildman–Crippen MR) is 81.9 cm³/mol. The van der Waals surface area contributed by atoms with Crippen LogP contribution in [0, 0.1) is 5.92 Å². The monoisotopic (exact) mass is 383 g/mol. The molecule has 1 aromatic heterocycles. The lowest BCUT2D eigenvalue weighted by molar-refractivity contribution is -0.163. The number of ketones is 1. The van der Waals surface area contributed by atoms with E-state index in [-0.39, 0.29) is 21.1 Å². The minimum atomic E-state index is -1.78. The fourth-order valence-electron chi connectivity index (χ4n) is 1.54. The summed E-state index contributed by atoms with van der Waals surface area (Å²) in [5.74, 6) is -4.96. The summed E-state index contributed by atoms with van der Waals surface area (Å²) in [6.45, 7) is 1.31. The maximum Gasteiger partial charge on any atom is 0.327 e. The van der Waals surface area contributed by atoms with E-state index in [9.17, 15) is 14.4 Å². The molecule has 0 radical (unpaired) electrons. The highest BCUT2D eigenvalue weighted by molar-refractivity contribution is 6.42. The van der Waals surface area contributed by atoms with E-state index in [0.717, 1.165) is 14.2 Å². The van der Waals surface area contributed by atoms with Crippen LogP contribution in [0.15, 0.2) is 6.07 Å². The Bertz CT molecular complexity index is 620. The summed E-state index contributed by atoms with van der Waals surface area (Å²) in [5, 5.41) is 0.0277. The molecule has 126 valence electrons. The van der Waals surface area contributed by atoms with Crippen LogP contribution < -0.4 is 4.74 Å². The Morgan fingerprint density at radius 1 is 1.04 bits per heavy atom. The zero-order valence-electron chi connectivity index (χ0n) is 12.3. The Morgan fingerprint density at radius 3 is 2.04 bits per heavy atom. The topological polar surface area (TPSA) is 91.8 Å². The minimum absolute atomic E-state index is 0.00624. The number of nitrogens with zero attached hydrogens (tertiary/aromatic N) is 1. The first-order valence-electron chi connectivity index (χ1n) is 6.10. The van der Waals surface area contributed by atoms with Gasteiger partial charge in [-0.15, -0.1) is 0 Å². The van der Waals surface area contributed by atoms with E-state index in [1.807, 2.05) is 0 Å². The number of carbonyl (C=O) groups is 3. The molecule has 0 aliphatic heterocycles. The molecule has 0 bridgehead atoms. The average Bonchev–Trinajstić information content (AvgIpc) is 2.51. The predicted octanol–water partition coefficient (Wildman–Crippen LogP) is 2.34. The van der Waals surface area contributed by atoms with E-state index in [4.69, 9.17) is 39.5 Å². The minimum Gasteiger partial charge on any atom is -0.468 e. The zero-order chi connectivity index (χ0) is 17.7. The summed E-state index contributed by atoms with van der Waals surface area (Å²) in [6.07, 6.45) is -1.25. The number of pyridine rings is 1. The molecule has 0 amide bonds. The number of hydrogen-bond acceptors (Lipinski definition) is 7. The molecule has 0 aliphatic rings. The highest BCUT2D eigenvalue weighted by Gasteiger charge is 2.39. The van der Waals surface area contributed by atoms with Crippen molar-refractivity contribution >= 4 is 52.5 Å². The van der Waals surface area contributed by atoms with E-state index in [1.165, 1.54) is 13.0 Å². The largest absolute Gasteiger partial charge is 0.468 e. The van der Waals surface area contributed by atoms with Gasteiger partial charge in [-0.05, 0) is 13.0 Å². The Morgan fingerprint density at radius 2 is 1.57 bits per heavy atom. The zero-order valence-corrected chi connectivity index (χ0v) is 14.5. The van der Waals surface area contributed by atoms with Gasteiger partial charge in [-0.25, -0.2) is 0 Å². The van der Waals surface area contributed by atoms with Crippen LogP contribution in [-0.4, -0.2) is 43.0 Å². The van der Waals surface area contributed by atoms with Crippen LogP contribution in [0.3, 0.4) is 0 Å². The Balaban J connectivity index is 3.01. The molecule has 0 aromatic carbocycles. The van der Waals surface area contributed by atoms with Crippen molar-refractivity contribution in [3.63, 3.8) is 0 Å². The third kappa shape index (κ3) is 4.70. The summed E-state index contributed by atoms with van der Waals surface area (Å²) in [5.41, 5.74) is 0. The van der Waals surface area contributed by atoms with Crippen LogP contribution in [-0.2, 0) is 23.9 Å². The molecule has 1 atom stereocenters. The van der Waals surface area contributed by atoms with Gasteiger partial charge in [-0.1, -0.05) is 34.8 Å². The molecule has 0 spiro atoms. The lowest BCUT2D eigenvalue weighted by atomic mass is 10.0. The van der Waals surface area contributed by atoms with Crippen molar-refractivity contribution < 1.29 is 28.6 Å². The molecule has 7 nitrogen and oxygen atoms in total. The van der Waals surface area contributed by atoms with E-state index in [0.29, 0.717) is 0 Å². The van der Waals surface area contributed by atoms with Gasteiger partial charge in [-0.2, -0.15) is 4.98 Å². The van der Waals surface area contributed by atoms with Gasteiger partial charge in [0.2, 0.25) is 11.8 Å². The molecule has 1 aromatic rings. The van der Waals surface area contributed by atoms with Crippen LogP contribution >= 0.6 is 34.8 Å². The van der Waals surface area contributed by atoms with Gasteiger partial charge in [0.1, 0.15) is 5.02 Å². The Kier molecular flexibility index (Phi) is 7.05. The number of carbonyl (C=O) groups excluding carboxylic acids is 3. The van der Waals surface area contributed by atoms with E-state index in [2.05, 4.69) is 14.5 Å². The van der Waals surface area contributed by atoms with Crippen LogP contribution in [0.5, 0.6) is 5.88 Å². The van der Waals surface area contributed by atoms with Crippen molar-refractivity contribution in [2.75, 3.05) is 14.2 Å². The van der Waals surface area contributed by atoms with Gasteiger partial charge in [0.05, 0.1) is 19.2 Å². The summed E-state index contributed by atoms with van der Waals surface area (Å²) in [6, 6.07) is 1.28. The third-order valence-corrected chi connectivity index (χ3v) is 3.65. The van der Waals surface area contributed by atoms with E-state index < -0.39 is 29.7 Å². The number of halogens is 3. The van der Waals surface area contributed by atoms with Gasteiger partial charge in [0, 0.05) is 0 Å². The number of aromatic nitrogens is 1. The molecule has 23 heavy (non-hydrogen) atoms. The lowest BCUT2D eigenvalue weighted by Crippen LogP contribution is -2.41. The molecule has 0 saturated carbocycles. The molecule has 10 heteroatoms. The lowest BCUT2D eigenvalue weighted by Gasteiger charge is -2.18. The first-order chi connectivity index (χ1) is 10.7. The molecular weight excluding hydrogens is 373 g/mol. The number of hydrogen-bond donors (Lipinski definition) is 0. The van der Waals surface area contributed by atoms with Gasteiger partial charge in [-0.3, -0.25) is 14.4 Å². The highest BCUT2D eigenvalue weighted by atomic mass is 35.5. The van der Waals surface area contributed by atoms with E-state index in [1.54, 1.807) is 0 Å². The third-order valence-electron chi connectivity index (χ3n) is 2.70. The smallest absolute Gasteiger partial charge is 0.327 e. The molecule has 0 saturated heterocycles. The summed E-state index contributed by atoms with van der Waals surface area (Å²) >= 11 is 17.4. The average molecular weight is 385 g/mol. The second-order valence-electron chi connectivity index (χ2n) is 4.19. The van der Waals surface area contributed by atoms with Crippen molar-refractivity contribution in [2.24, 2.45) is 5.92 Å². The number of Topliss-reactive ketones (excluding diaryl/α,β-unsaturated/α-hetero) is 1. The Hall–Kier alpha value is -1.57. The number of esters is 2. The maximum atomic E-state index is 12.3. The van der Waals surface area contributed by atoms with E-state index >= 15 is 0 Å². The molecule has 1 heterocycles. The first kappa shape index (κ1) is 19.5. The van der Waals surface area contributed by atoms with Crippen molar-refractivity contribution in [3.05, 3.63) is 21.3 Å². The molecule has 1 rings (SSSR count). The van der Waals surface area contributed by atoms with Crippen LogP contribution in [0.2, 0.25) is 15.2 Å². The highest BCUT2D eigenvalue weighted by Crippen LogP contribution is 2.31. The van der Waals surface area contributed by atoms with Gasteiger partial charge < -0.3 is 14.2 Å². The molecular formula is C13H12Cl3NO6. The normalized spacial score (nSPS) is 11.8. The second kappa shape index (κ2) is 8.33. The number of methoxy groups -OCH3 is 2.